The monoisotopic (exact) mass is 260 g/mol. The van der Waals surface area contributed by atoms with Crippen LogP contribution < -0.4 is 5.73 Å². The quantitative estimate of drug-likeness (QED) is 0.907. The number of amides is 1. The SMILES string of the molecule is C[C@H](N)C(=O)N(C)Cc1c(Cl)cccc1Cl. The Morgan fingerprint density at radius 3 is 2.38 bits per heavy atom. The fraction of sp³-hybridized carbons (Fsp3) is 0.364. The largest absolute Gasteiger partial charge is 0.340 e. The van der Waals surface area contributed by atoms with Gasteiger partial charge in [-0.25, -0.2) is 0 Å². The molecule has 1 aromatic carbocycles. The van der Waals surface area contributed by atoms with Crippen LogP contribution in [0, 0.1) is 0 Å². The van der Waals surface area contributed by atoms with E-state index in [-0.39, 0.29) is 5.91 Å². The lowest BCUT2D eigenvalue weighted by atomic mass is 10.2. The summed E-state index contributed by atoms with van der Waals surface area (Å²) in [7, 11) is 1.67. The van der Waals surface area contributed by atoms with Crippen molar-refractivity contribution in [3.63, 3.8) is 0 Å². The summed E-state index contributed by atoms with van der Waals surface area (Å²) in [6.07, 6.45) is 0. The molecule has 0 fully saturated rings. The van der Waals surface area contributed by atoms with Gasteiger partial charge in [-0.15, -0.1) is 0 Å². The van der Waals surface area contributed by atoms with Crippen molar-refractivity contribution in [2.75, 3.05) is 7.05 Å². The summed E-state index contributed by atoms with van der Waals surface area (Å²) in [5.41, 5.74) is 6.25. The van der Waals surface area contributed by atoms with E-state index in [4.69, 9.17) is 28.9 Å². The molecular weight excluding hydrogens is 247 g/mol. The van der Waals surface area contributed by atoms with Gasteiger partial charge in [0.15, 0.2) is 0 Å². The second-order valence-electron chi connectivity index (χ2n) is 3.68. The first-order valence-corrected chi connectivity index (χ1v) is 5.62. The molecule has 0 unspecified atom stereocenters. The molecular formula is C11H14Cl2N2O. The number of likely N-dealkylation sites (N-methyl/N-ethyl adjacent to an activating group) is 1. The fourth-order valence-corrected chi connectivity index (χ4v) is 1.86. The third-order valence-electron chi connectivity index (χ3n) is 2.22. The zero-order valence-corrected chi connectivity index (χ0v) is 10.7. The summed E-state index contributed by atoms with van der Waals surface area (Å²) >= 11 is 12.0. The van der Waals surface area contributed by atoms with E-state index in [0.29, 0.717) is 16.6 Å². The summed E-state index contributed by atoms with van der Waals surface area (Å²) in [6, 6.07) is 4.73. The molecule has 0 heterocycles. The minimum Gasteiger partial charge on any atom is -0.340 e. The summed E-state index contributed by atoms with van der Waals surface area (Å²) in [5, 5.41) is 1.11. The minimum absolute atomic E-state index is 0.143. The highest BCUT2D eigenvalue weighted by Gasteiger charge is 2.16. The standard InChI is InChI=1S/C11H14Cl2N2O/c1-7(14)11(16)15(2)6-8-9(12)4-3-5-10(8)13/h3-5,7H,6,14H2,1-2H3/t7-/m0/s1. The van der Waals surface area contributed by atoms with E-state index in [2.05, 4.69) is 0 Å². The average Bonchev–Trinajstić information content (AvgIpc) is 2.22. The molecule has 1 aromatic rings. The van der Waals surface area contributed by atoms with Crippen LogP contribution in [0.25, 0.3) is 0 Å². The second kappa shape index (κ2) is 5.53. The number of nitrogens with zero attached hydrogens (tertiary/aromatic N) is 1. The highest BCUT2D eigenvalue weighted by molar-refractivity contribution is 6.36. The van der Waals surface area contributed by atoms with Gasteiger partial charge >= 0.3 is 0 Å². The van der Waals surface area contributed by atoms with Gasteiger partial charge in [0.25, 0.3) is 0 Å². The van der Waals surface area contributed by atoms with Gasteiger partial charge in [0, 0.05) is 29.2 Å². The molecule has 1 rings (SSSR count). The predicted molar refractivity (Wildman–Crippen MR) is 66.6 cm³/mol. The molecule has 88 valence electrons. The van der Waals surface area contributed by atoms with Crippen molar-refractivity contribution in [3.05, 3.63) is 33.8 Å². The normalized spacial score (nSPS) is 12.3. The lowest BCUT2D eigenvalue weighted by molar-refractivity contribution is -0.131. The van der Waals surface area contributed by atoms with Crippen molar-refractivity contribution >= 4 is 29.1 Å². The van der Waals surface area contributed by atoms with Crippen LogP contribution in [0.3, 0.4) is 0 Å². The van der Waals surface area contributed by atoms with E-state index >= 15 is 0 Å². The molecule has 0 aromatic heterocycles. The predicted octanol–water partition coefficient (Wildman–Crippen LogP) is 2.30. The molecule has 1 amide bonds. The zero-order chi connectivity index (χ0) is 12.3. The van der Waals surface area contributed by atoms with Gasteiger partial charge in [0.1, 0.15) is 0 Å². The van der Waals surface area contributed by atoms with E-state index in [1.54, 1.807) is 32.2 Å². The number of halogens is 2. The summed E-state index contributed by atoms with van der Waals surface area (Å²) in [4.78, 5) is 13.1. The van der Waals surface area contributed by atoms with Crippen LogP contribution in [0.1, 0.15) is 12.5 Å². The number of carbonyl (C=O) groups is 1. The van der Waals surface area contributed by atoms with Crippen LogP contribution in [-0.2, 0) is 11.3 Å². The molecule has 0 bridgehead atoms. The lowest BCUT2D eigenvalue weighted by Crippen LogP contribution is -2.39. The summed E-state index contributed by atoms with van der Waals surface area (Å²) in [5.74, 6) is -0.143. The first-order chi connectivity index (χ1) is 7.43. The molecule has 0 radical (unpaired) electrons. The van der Waals surface area contributed by atoms with Crippen LogP contribution >= 0.6 is 23.2 Å². The van der Waals surface area contributed by atoms with Crippen LogP contribution in [0.2, 0.25) is 10.0 Å². The Balaban J connectivity index is 2.85. The number of hydrogen-bond acceptors (Lipinski definition) is 2. The molecule has 16 heavy (non-hydrogen) atoms. The third kappa shape index (κ3) is 3.11. The molecule has 1 atom stereocenters. The van der Waals surface area contributed by atoms with Crippen molar-refractivity contribution in [1.29, 1.82) is 0 Å². The van der Waals surface area contributed by atoms with E-state index in [0.717, 1.165) is 5.56 Å². The second-order valence-corrected chi connectivity index (χ2v) is 4.50. The smallest absolute Gasteiger partial charge is 0.239 e. The molecule has 0 saturated heterocycles. The van der Waals surface area contributed by atoms with Crippen molar-refractivity contribution in [3.8, 4) is 0 Å². The molecule has 0 spiro atoms. The molecule has 2 N–H and O–H groups in total. The van der Waals surface area contributed by atoms with Crippen molar-refractivity contribution < 1.29 is 4.79 Å². The van der Waals surface area contributed by atoms with Crippen molar-refractivity contribution in [2.24, 2.45) is 5.73 Å². The topological polar surface area (TPSA) is 46.3 Å². The maximum atomic E-state index is 11.6. The maximum Gasteiger partial charge on any atom is 0.239 e. The Labute approximate surface area is 105 Å². The molecule has 5 heteroatoms. The van der Waals surface area contributed by atoms with Gasteiger partial charge in [-0.2, -0.15) is 0 Å². The van der Waals surface area contributed by atoms with Gasteiger partial charge in [-0.3, -0.25) is 4.79 Å². The van der Waals surface area contributed by atoms with E-state index < -0.39 is 6.04 Å². The van der Waals surface area contributed by atoms with Crippen molar-refractivity contribution in [1.82, 2.24) is 4.90 Å². The number of carbonyl (C=O) groups excluding carboxylic acids is 1. The number of hydrogen-bond donors (Lipinski definition) is 1. The molecule has 0 aliphatic rings. The first-order valence-electron chi connectivity index (χ1n) is 4.87. The Hall–Kier alpha value is -0.770. The third-order valence-corrected chi connectivity index (χ3v) is 2.93. The summed E-state index contributed by atoms with van der Waals surface area (Å²) < 4.78 is 0. The number of benzene rings is 1. The highest BCUT2D eigenvalue weighted by atomic mass is 35.5. The van der Waals surface area contributed by atoms with Gasteiger partial charge in [0.2, 0.25) is 5.91 Å². The van der Waals surface area contributed by atoms with Crippen molar-refractivity contribution in [2.45, 2.75) is 19.5 Å². The van der Waals surface area contributed by atoms with Crippen LogP contribution in [0.4, 0.5) is 0 Å². The Kier molecular flexibility index (Phi) is 4.59. The molecule has 0 aliphatic heterocycles. The zero-order valence-electron chi connectivity index (χ0n) is 9.21. The molecule has 0 aliphatic carbocycles. The Morgan fingerprint density at radius 1 is 1.44 bits per heavy atom. The van der Waals surface area contributed by atoms with E-state index in [1.807, 2.05) is 0 Å². The number of nitrogens with two attached hydrogens (primary N) is 1. The molecule has 0 saturated carbocycles. The first kappa shape index (κ1) is 13.3. The lowest BCUT2D eigenvalue weighted by Gasteiger charge is -2.20. The Bertz CT molecular complexity index is 373. The Morgan fingerprint density at radius 2 is 1.94 bits per heavy atom. The van der Waals surface area contributed by atoms with Gasteiger partial charge in [-0.1, -0.05) is 29.3 Å². The van der Waals surface area contributed by atoms with Crippen LogP contribution in [0.15, 0.2) is 18.2 Å². The summed E-state index contributed by atoms with van der Waals surface area (Å²) in [6.45, 7) is 2.01. The van der Waals surface area contributed by atoms with Crippen LogP contribution in [0.5, 0.6) is 0 Å². The van der Waals surface area contributed by atoms with E-state index in [9.17, 15) is 4.79 Å². The fourth-order valence-electron chi connectivity index (χ4n) is 1.35. The van der Waals surface area contributed by atoms with Gasteiger partial charge in [-0.05, 0) is 19.1 Å². The minimum atomic E-state index is -0.522. The van der Waals surface area contributed by atoms with Gasteiger partial charge < -0.3 is 10.6 Å². The van der Waals surface area contributed by atoms with Crippen LogP contribution in [-0.4, -0.2) is 23.9 Å². The highest BCUT2D eigenvalue weighted by Crippen LogP contribution is 2.25. The average molecular weight is 261 g/mol. The van der Waals surface area contributed by atoms with Gasteiger partial charge in [0.05, 0.1) is 6.04 Å². The maximum absolute atomic E-state index is 11.6. The number of rotatable bonds is 3. The molecule has 3 nitrogen and oxygen atoms in total. The van der Waals surface area contributed by atoms with E-state index in [1.165, 1.54) is 4.90 Å².